The van der Waals surface area contributed by atoms with Gasteiger partial charge in [-0.15, -0.1) is 0 Å². The van der Waals surface area contributed by atoms with Crippen LogP contribution in [0.1, 0.15) is 18.1 Å². The lowest BCUT2D eigenvalue weighted by atomic mass is 10.1. The Morgan fingerprint density at radius 1 is 1.17 bits per heavy atom. The van der Waals surface area contributed by atoms with Crippen LogP contribution in [0.15, 0.2) is 53.2 Å². The van der Waals surface area contributed by atoms with Crippen LogP contribution in [-0.4, -0.2) is 18.5 Å². The van der Waals surface area contributed by atoms with Crippen molar-refractivity contribution in [3.8, 4) is 5.75 Å². The lowest BCUT2D eigenvalue weighted by Crippen LogP contribution is -2.06. The van der Waals surface area contributed by atoms with Gasteiger partial charge in [0.15, 0.2) is 5.70 Å². The van der Waals surface area contributed by atoms with Crippen molar-refractivity contribution in [2.24, 2.45) is 4.99 Å². The number of halogens is 2. The highest BCUT2D eigenvalue weighted by molar-refractivity contribution is 6.44. The molecule has 0 radical (unpaired) electrons. The summed E-state index contributed by atoms with van der Waals surface area (Å²) in [5.41, 5.74) is 1.39. The maximum atomic E-state index is 12.1. The van der Waals surface area contributed by atoms with Gasteiger partial charge < -0.3 is 9.47 Å². The van der Waals surface area contributed by atoms with E-state index in [1.54, 1.807) is 24.3 Å². The van der Waals surface area contributed by atoms with Crippen LogP contribution in [0.5, 0.6) is 5.75 Å². The second-order valence-corrected chi connectivity index (χ2v) is 5.69. The van der Waals surface area contributed by atoms with Gasteiger partial charge in [0, 0.05) is 5.56 Å². The van der Waals surface area contributed by atoms with Crippen LogP contribution < -0.4 is 4.74 Å². The highest BCUT2D eigenvalue weighted by Gasteiger charge is 2.26. The van der Waals surface area contributed by atoms with Gasteiger partial charge in [0.2, 0.25) is 5.90 Å². The van der Waals surface area contributed by atoms with E-state index >= 15 is 0 Å². The van der Waals surface area contributed by atoms with Gasteiger partial charge in [0.25, 0.3) is 0 Å². The van der Waals surface area contributed by atoms with Gasteiger partial charge in [-0.2, -0.15) is 0 Å². The summed E-state index contributed by atoms with van der Waals surface area (Å²) < 4.78 is 10.8. The third-order valence-corrected chi connectivity index (χ3v) is 4.13. The maximum absolute atomic E-state index is 12.1. The number of rotatable bonds is 4. The molecule has 1 aliphatic heterocycles. The molecule has 0 saturated carbocycles. The highest BCUT2D eigenvalue weighted by atomic mass is 35.5. The van der Waals surface area contributed by atoms with E-state index in [0.717, 1.165) is 5.56 Å². The topological polar surface area (TPSA) is 47.9 Å². The summed E-state index contributed by atoms with van der Waals surface area (Å²) in [5, 5.41) is 0.661. The molecule has 0 N–H and O–H groups in total. The summed E-state index contributed by atoms with van der Waals surface area (Å²) in [7, 11) is 0. The third-order valence-electron chi connectivity index (χ3n) is 3.31. The van der Waals surface area contributed by atoms with Crippen molar-refractivity contribution >= 4 is 41.1 Å². The van der Waals surface area contributed by atoms with Crippen LogP contribution >= 0.6 is 23.2 Å². The molecule has 24 heavy (non-hydrogen) atoms. The first kappa shape index (κ1) is 16.6. The summed E-state index contributed by atoms with van der Waals surface area (Å²) in [6.45, 7) is 2.42. The van der Waals surface area contributed by atoms with E-state index < -0.39 is 5.97 Å². The molecule has 0 amide bonds. The summed E-state index contributed by atoms with van der Waals surface area (Å²) in [4.78, 5) is 16.4. The summed E-state index contributed by atoms with van der Waals surface area (Å²) in [5.74, 6) is 0.254. The normalized spacial score (nSPS) is 15.4. The molecule has 0 atom stereocenters. The number of cyclic esters (lactones) is 1. The molecule has 122 valence electrons. The second kappa shape index (κ2) is 7.07. The van der Waals surface area contributed by atoms with E-state index in [-0.39, 0.29) is 11.6 Å². The Bertz CT molecular complexity index is 859. The van der Waals surface area contributed by atoms with Crippen molar-refractivity contribution in [1.82, 2.24) is 0 Å². The molecule has 0 spiro atoms. The predicted molar refractivity (Wildman–Crippen MR) is 94.7 cm³/mol. The average molecular weight is 362 g/mol. The van der Waals surface area contributed by atoms with Crippen LogP contribution in [0.4, 0.5) is 0 Å². The molecule has 3 rings (SSSR count). The van der Waals surface area contributed by atoms with Gasteiger partial charge in [-0.1, -0.05) is 47.5 Å². The number of nitrogens with zero attached hydrogens (tertiary/aromatic N) is 1. The van der Waals surface area contributed by atoms with E-state index in [9.17, 15) is 4.79 Å². The number of hydrogen-bond acceptors (Lipinski definition) is 4. The van der Waals surface area contributed by atoms with Gasteiger partial charge >= 0.3 is 5.97 Å². The van der Waals surface area contributed by atoms with E-state index in [2.05, 4.69) is 4.99 Å². The van der Waals surface area contributed by atoms with Crippen molar-refractivity contribution in [1.29, 1.82) is 0 Å². The first-order chi connectivity index (χ1) is 11.6. The fraction of sp³-hybridized carbons (Fsp3) is 0.111. The van der Waals surface area contributed by atoms with Crippen molar-refractivity contribution in [2.75, 3.05) is 6.61 Å². The third kappa shape index (κ3) is 3.30. The first-order valence-corrected chi connectivity index (χ1v) is 8.04. The highest BCUT2D eigenvalue weighted by Crippen LogP contribution is 2.30. The average Bonchev–Trinajstić information content (AvgIpc) is 2.93. The van der Waals surface area contributed by atoms with E-state index in [0.29, 0.717) is 28.0 Å². The fourth-order valence-electron chi connectivity index (χ4n) is 2.23. The van der Waals surface area contributed by atoms with Crippen LogP contribution in [0, 0.1) is 0 Å². The zero-order valence-electron chi connectivity index (χ0n) is 12.8. The van der Waals surface area contributed by atoms with Crippen LogP contribution in [-0.2, 0) is 9.53 Å². The number of carbonyl (C=O) groups is 1. The largest absolute Gasteiger partial charge is 0.493 e. The van der Waals surface area contributed by atoms with Gasteiger partial charge in [-0.05, 0) is 31.2 Å². The fourth-order valence-corrected chi connectivity index (χ4v) is 2.61. The van der Waals surface area contributed by atoms with Crippen molar-refractivity contribution < 1.29 is 14.3 Å². The predicted octanol–water partition coefficient (Wildman–Crippen LogP) is 4.74. The zero-order chi connectivity index (χ0) is 17.1. The summed E-state index contributed by atoms with van der Waals surface area (Å²) >= 11 is 12.1. The van der Waals surface area contributed by atoms with Crippen molar-refractivity contribution in [2.45, 2.75) is 6.92 Å². The smallest absolute Gasteiger partial charge is 0.363 e. The molecule has 0 aromatic heterocycles. The Labute approximate surface area is 149 Å². The van der Waals surface area contributed by atoms with E-state index in [1.807, 2.05) is 31.2 Å². The number of benzene rings is 2. The van der Waals surface area contributed by atoms with Crippen molar-refractivity contribution in [3.63, 3.8) is 0 Å². The Morgan fingerprint density at radius 3 is 2.75 bits per heavy atom. The second-order valence-electron chi connectivity index (χ2n) is 4.91. The number of hydrogen-bond donors (Lipinski definition) is 0. The zero-order valence-corrected chi connectivity index (χ0v) is 14.3. The minimum atomic E-state index is -0.549. The molecule has 0 saturated heterocycles. The minimum absolute atomic E-state index is 0.132. The van der Waals surface area contributed by atoms with Gasteiger partial charge in [0.1, 0.15) is 5.75 Å². The number of esters is 1. The Hall–Kier alpha value is -2.30. The Balaban J connectivity index is 1.99. The lowest BCUT2D eigenvalue weighted by molar-refractivity contribution is -0.129. The van der Waals surface area contributed by atoms with Crippen LogP contribution in [0.3, 0.4) is 0 Å². The van der Waals surface area contributed by atoms with Crippen LogP contribution in [0.25, 0.3) is 6.08 Å². The summed E-state index contributed by atoms with van der Waals surface area (Å²) in [6.07, 6.45) is 1.62. The molecule has 2 aromatic rings. The molecule has 0 fully saturated rings. The molecular weight excluding hydrogens is 349 g/mol. The number of aliphatic imine (C=N–C) groups is 1. The SMILES string of the molecule is CCOc1ccccc1/C=C1\N=C(c2cccc(Cl)c2Cl)OC1=O. The summed E-state index contributed by atoms with van der Waals surface area (Å²) in [6, 6.07) is 12.4. The van der Waals surface area contributed by atoms with Gasteiger partial charge in [0.05, 0.1) is 22.2 Å². The molecule has 0 unspecified atom stereocenters. The van der Waals surface area contributed by atoms with Crippen molar-refractivity contribution in [3.05, 3.63) is 69.3 Å². The molecule has 6 heteroatoms. The molecule has 0 aliphatic carbocycles. The number of carbonyl (C=O) groups excluding carboxylic acids is 1. The monoisotopic (exact) mass is 361 g/mol. The minimum Gasteiger partial charge on any atom is -0.493 e. The Kier molecular flexibility index (Phi) is 4.88. The van der Waals surface area contributed by atoms with Gasteiger partial charge in [-0.3, -0.25) is 0 Å². The molecule has 2 aromatic carbocycles. The number of para-hydroxylation sites is 1. The maximum Gasteiger partial charge on any atom is 0.363 e. The first-order valence-electron chi connectivity index (χ1n) is 7.29. The molecule has 1 aliphatic rings. The standard InChI is InChI=1S/C18H13Cl2NO3/c1-2-23-15-9-4-3-6-11(15)10-14-18(22)24-17(21-14)12-7-5-8-13(19)16(12)20/h3-10H,2H2,1H3/b14-10-. The molecular formula is C18H13Cl2NO3. The van der Waals surface area contributed by atoms with Crippen LogP contribution in [0.2, 0.25) is 10.0 Å². The molecule has 0 bridgehead atoms. The van der Waals surface area contributed by atoms with E-state index in [1.165, 1.54) is 0 Å². The molecule has 1 heterocycles. The van der Waals surface area contributed by atoms with E-state index in [4.69, 9.17) is 32.7 Å². The molecule has 4 nitrogen and oxygen atoms in total. The van der Waals surface area contributed by atoms with Gasteiger partial charge in [-0.25, -0.2) is 9.79 Å². The number of ether oxygens (including phenoxy) is 2. The lowest BCUT2D eigenvalue weighted by Gasteiger charge is -2.06. The quantitative estimate of drug-likeness (QED) is 0.583. The Morgan fingerprint density at radius 2 is 1.96 bits per heavy atom.